The minimum atomic E-state index is -1.24. The maximum atomic E-state index is 12.9. The van der Waals surface area contributed by atoms with Crippen molar-refractivity contribution >= 4 is 21.7 Å². The molecule has 0 unspecified atom stereocenters. The highest BCUT2D eigenvalue weighted by molar-refractivity contribution is 5.87. The molecule has 4 nitrogen and oxygen atoms in total. The van der Waals surface area contributed by atoms with Crippen LogP contribution in [0.3, 0.4) is 0 Å². The van der Waals surface area contributed by atoms with Gasteiger partial charge in [-0.3, -0.25) is 0 Å². The van der Waals surface area contributed by atoms with Crippen molar-refractivity contribution < 1.29 is 9.84 Å². The molecule has 5 rings (SSSR count). The van der Waals surface area contributed by atoms with Crippen molar-refractivity contribution in [1.82, 2.24) is 10.3 Å². The van der Waals surface area contributed by atoms with Crippen molar-refractivity contribution in [3.63, 3.8) is 0 Å². The molecule has 5 aromatic rings. The average Bonchev–Trinajstić information content (AvgIpc) is 2.92. The number of hydrogen-bond donors (Lipinski definition) is 2. The molecule has 0 aliphatic carbocycles. The average molecular weight is 477 g/mol. The molecule has 0 aliphatic heterocycles. The Labute approximate surface area is 212 Å². The molecule has 1 aromatic heterocycles. The summed E-state index contributed by atoms with van der Waals surface area (Å²) in [7, 11) is 3.57. The van der Waals surface area contributed by atoms with Gasteiger partial charge in [-0.05, 0) is 67.0 Å². The molecule has 0 spiro atoms. The summed E-state index contributed by atoms with van der Waals surface area (Å²) in [4.78, 5) is 4.88. The lowest BCUT2D eigenvalue weighted by atomic mass is 9.70. The van der Waals surface area contributed by atoms with E-state index in [0.29, 0.717) is 18.8 Å². The molecule has 2 atom stereocenters. The fourth-order valence-corrected chi connectivity index (χ4v) is 5.38. The number of aromatic nitrogens is 1. The summed E-state index contributed by atoms with van der Waals surface area (Å²) >= 11 is 0. The fraction of sp³-hybridized carbons (Fsp3) is 0.219. The Morgan fingerprint density at radius 1 is 0.889 bits per heavy atom. The number of nitrogens with zero attached hydrogens (tertiary/aromatic N) is 1. The lowest BCUT2D eigenvalue weighted by Gasteiger charge is -2.39. The summed E-state index contributed by atoms with van der Waals surface area (Å²) < 4.78 is 5.87. The van der Waals surface area contributed by atoms with Gasteiger partial charge in [0, 0.05) is 16.9 Å². The van der Waals surface area contributed by atoms with Crippen LogP contribution in [0.2, 0.25) is 0 Å². The summed E-state index contributed by atoms with van der Waals surface area (Å²) in [6.07, 6.45) is 0.506. The SMILES string of the molecule is CNCC[C@](O)(c1cccc2ccccc12)[C@H](c1ccccc1)c1cc2cc(C)ccc2nc1OC. The molecule has 0 bridgehead atoms. The first-order valence-electron chi connectivity index (χ1n) is 12.4. The van der Waals surface area contributed by atoms with Gasteiger partial charge in [-0.25, -0.2) is 4.98 Å². The number of ether oxygens (including phenoxy) is 1. The van der Waals surface area contributed by atoms with Gasteiger partial charge in [0.05, 0.1) is 12.6 Å². The molecule has 0 radical (unpaired) electrons. The Hall–Kier alpha value is -3.73. The van der Waals surface area contributed by atoms with Crippen LogP contribution in [-0.4, -0.2) is 30.8 Å². The topological polar surface area (TPSA) is 54.4 Å². The molecule has 36 heavy (non-hydrogen) atoms. The lowest BCUT2D eigenvalue weighted by molar-refractivity contribution is 0.0118. The number of aliphatic hydroxyl groups is 1. The number of pyridine rings is 1. The first-order chi connectivity index (χ1) is 17.5. The number of fused-ring (bicyclic) bond motifs is 2. The zero-order chi connectivity index (χ0) is 25.1. The Kier molecular flexibility index (Phi) is 6.73. The molecular weight excluding hydrogens is 444 g/mol. The standard InChI is InChI=1S/C32H32N2O2/c1-22-16-17-29-25(20-22)21-27(31(34-29)36-3)30(24-11-5-4-6-12-24)32(35,18-19-33-2)28-15-9-13-23-10-7-8-14-26(23)28/h4-17,20-21,30,33,35H,18-19H2,1-3H3/t30-,32+/m1/s1. The minimum Gasteiger partial charge on any atom is -0.481 e. The van der Waals surface area contributed by atoms with Gasteiger partial charge in [0.2, 0.25) is 5.88 Å². The van der Waals surface area contributed by atoms with Gasteiger partial charge in [-0.2, -0.15) is 0 Å². The van der Waals surface area contributed by atoms with Crippen LogP contribution >= 0.6 is 0 Å². The summed E-state index contributed by atoms with van der Waals surface area (Å²) in [6, 6.07) is 33.0. The normalized spacial score (nSPS) is 14.0. The van der Waals surface area contributed by atoms with Gasteiger partial charge in [0.15, 0.2) is 0 Å². The molecule has 4 aromatic carbocycles. The highest BCUT2D eigenvalue weighted by atomic mass is 16.5. The van der Waals surface area contributed by atoms with Gasteiger partial charge in [-0.15, -0.1) is 0 Å². The van der Waals surface area contributed by atoms with E-state index in [1.807, 2.05) is 49.5 Å². The Morgan fingerprint density at radius 3 is 2.42 bits per heavy atom. The predicted molar refractivity (Wildman–Crippen MR) is 148 cm³/mol. The third kappa shape index (κ3) is 4.34. The molecule has 0 fully saturated rings. The van der Waals surface area contributed by atoms with Crippen molar-refractivity contribution in [2.75, 3.05) is 20.7 Å². The maximum Gasteiger partial charge on any atom is 0.217 e. The summed E-state index contributed by atoms with van der Waals surface area (Å²) in [5, 5.41) is 19.3. The third-order valence-corrected chi connectivity index (χ3v) is 7.09. The number of nitrogens with one attached hydrogen (secondary N) is 1. The van der Waals surface area contributed by atoms with Gasteiger partial charge in [-0.1, -0.05) is 84.4 Å². The number of benzene rings is 4. The third-order valence-electron chi connectivity index (χ3n) is 7.09. The largest absolute Gasteiger partial charge is 0.481 e. The lowest BCUT2D eigenvalue weighted by Crippen LogP contribution is -2.37. The van der Waals surface area contributed by atoms with E-state index in [1.165, 1.54) is 0 Å². The quantitative estimate of drug-likeness (QED) is 0.275. The van der Waals surface area contributed by atoms with Crippen LogP contribution in [-0.2, 0) is 5.60 Å². The molecule has 4 heteroatoms. The zero-order valence-corrected chi connectivity index (χ0v) is 21.0. The fourth-order valence-electron chi connectivity index (χ4n) is 5.38. The molecule has 0 saturated carbocycles. The zero-order valence-electron chi connectivity index (χ0n) is 21.0. The second-order valence-electron chi connectivity index (χ2n) is 9.43. The minimum absolute atomic E-state index is 0.412. The number of rotatable bonds is 8. The first kappa shape index (κ1) is 24.0. The summed E-state index contributed by atoms with van der Waals surface area (Å²) in [6.45, 7) is 2.73. The van der Waals surface area contributed by atoms with Crippen molar-refractivity contribution in [2.45, 2.75) is 24.9 Å². The van der Waals surface area contributed by atoms with E-state index in [2.05, 4.69) is 66.8 Å². The molecule has 182 valence electrons. The Morgan fingerprint density at radius 2 is 1.64 bits per heavy atom. The van der Waals surface area contributed by atoms with Crippen LogP contribution in [0.4, 0.5) is 0 Å². The van der Waals surface area contributed by atoms with Crippen molar-refractivity contribution in [3.05, 3.63) is 119 Å². The summed E-state index contributed by atoms with van der Waals surface area (Å²) in [5.41, 5.74) is 3.58. The molecule has 0 amide bonds. The van der Waals surface area contributed by atoms with E-state index in [-0.39, 0.29) is 0 Å². The highest BCUT2D eigenvalue weighted by Gasteiger charge is 2.42. The van der Waals surface area contributed by atoms with Crippen LogP contribution in [0.5, 0.6) is 5.88 Å². The summed E-state index contributed by atoms with van der Waals surface area (Å²) in [5.74, 6) is 0.119. The van der Waals surface area contributed by atoms with E-state index in [4.69, 9.17) is 9.72 Å². The Bertz CT molecular complexity index is 1490. The molecular formula is C32H32N2O2. The van der Waals surface area contributed by atoms with E-state index < -0.39 is 11.5 Å². The van der Waals surface area contributed by atoms with Gasteiger partial charge in [0.25, 0.3) is 0 Å². The number of hydrogen-bond acceptors (Lipinski definition) is 4. The van der Waals surface area contributed by atoms with E-state index >= 15 is 0 Å². The van der Waals surface area contributed by atoms with Crippen LogP contribution < -0.4 is 10.1 Å². The first-order valence-corrected chi connectivity index (χ1v) is 12.4. The second kappa shape index (κ2) is 10.1. The number of methoxy groups -OCH3 is 1. The van der Waals surface area contributed by atoms with Crippen molar-refractivity contribution in [1.29, 1.82) is 0 Å². The molecule has 2 N–H and O–H groups in total. The molecule has 0 saturated heterocycles. The maximum absolute atomic E-state index is 12.9. The molecule has 0 aliphatic rings. The monoisotopic (exact) mass is 476 g/mol. The smallest absolute Gasteiger partial charge is 0.217 e. The highest BCUT2D eigenvalue weighted by Crippen LogP contribution is 2.48. The van der Waals surface area contributed by atoms with E-state index in [0.717, 1.165) is 43.9 Å². The predicted octanol–water partition coefficient (Wildman–Crippen LogP) is 6.33. The van der Waals surface area contributed by atoms with E-state index in [1.54, 1.807) is 7.11 Å². The van der Waals surface area contributed by atoms with Crippen LogP contribution in [0, 0.1) is 6.92 Å². The van der Waals surface area contributed by atoms with Gasteiger partial charge >= 0.3 is 0 Å². The van der Waals surface area contributed by atoms with Gasteiger partial charge < -0.3 is 15.2 Å². The number of aryl methyl sites for hydroxylation is 1. The second-order valence-corrected chi connectivity index (χ2v) is 9.43. The van der Waals surface area contributed by atoms with E-state index in [9.17, 15) is 5.11 Å². The van der Waals surface area contributed by atoms with Crippen molar-refractivity contribution in [2.24, 2.45) is 0 Å². The van der Waals surface area contributed by atoms with Crippen LogP contribution in [0.15, 0.2) is 97.1 Å². The van der Waals surface area contributed by atoms with Crippen molar-refractivity contribution in [3.8, 4) is 5.88 Å². The van der Waals surface area contributed by atoms with Crippen LogP contribution in [0.1, 0.15) is 34.6 Å². The molecule has 1 heterocycles. The van der Waals surface area contributed by atoms with Gasteiger partial charge in [0.1, 0.15) is 5.60 Å². The van der Waals surface area contributed by atoms with Crippen LogP contribution in [0.25, 0.3) is 21.7 Å². The Balaban J connectivity index is 1.84.